The molecule has 11 nitrogen and oxygen atoms in total. The number of nitrogens with two attached hydrogens (primary N) is 1. The maximum atomic E-state index is 12.7. The predicted molar refractivity (Wildman–Crippen MR) is 141 cm³/mol. The lowest BCUT2D eigenvalue weighted by atomic mass is 10.1. The van der Waals surface area contributed by atoms with Crippen LogP contribution in [0.5, 0.6) is 0 Å². The highest BCUT2D eigenvalue weighted by Gasteiger charge is 2.38. The zero-order chi connectivity index (χ0) is 30.5. The van der Waals surface area contributed by atoms with Crippen LogP contribution in [0.15, 0.2) is 66.7 Å². The number of carbonyl (C=O) groups is 2. The minimum atomic E-state index is -5.08. The Balaban J connectivity index is 0.000000745. The third-order valence-electron chi connectivity index (χ3n) is 5.28. The van der Waals surface area contributed by atoms with E-state index in [4.69, 9.17) is 20.4 Å². The van der Waals surface area contributed by atoms with Gasteiger partial charge in [0.2, 0.25) is 5.91 Å². The van der Waals surface area contributed by atoms with Gasteiger partial charge in [0.15, 0.2) is 5.82 Å². The molecule has 0 spiro atoms. The van der Waals surface area contributed by atoms with Crippen LogP contribution >= 0.6 is 0 Å². The van der Waals surface area contributed by atoms with Gasteiger partial charge in [-0.05, 0) is 35.4 Å². The summed E-state index contributed by atoms with van der Waals surface area (Å²) >= 11 is 0. The highest BCUT2D eigenvalue weighted by Crippen LogP contribution is 2.21. The molecular formula is C27H30F3N7O4. The summed E-state index contributed by atoms with van der Waals surface area (Å²) in [7, 11) is 0. The van der Waals surface area contributed by atoms with Crippen molar-refractivity contribution in [3.8, 4) is 6.07 Å². The molecule has 0 aliphatic heterocycles. The minimum absolute atomic E-state index is 0.124. The number of ether oxygens (including phenoxy) is 1. The van der Waals surface area contributed by atoms with E-state index in [1.54, 1.807) is 18.5 Å². The van der Waals surface area contributed by atoms with Gasteiger partial charge in [0, 0.05) is 0 Å². The van der Waals surface area contributed by atoms with Crippen LogP contribution in [0.3, 0.4) is 0 Å². The lowest BCUT2D eigenvalue weighted by molar-refractivity contribution is -0.192. The third kappa shape index (κ3) is 11.2. The second kappa shape index (κ2) is 15.2. The quantitative estimate of drug-likeness (QED) is 0.310. The predicted octanol–water partition coefficient (Wildman–Crippen LogP) is 3.59. The van der Waals surface area contributed by atoms with Crippen molar-refractivity contribution in [3.05, 3.63) is 83.7 Å². The van der Waals surface area contributed by atoms with Crippen LogP contribution in [-0.4, -0.2) is 55.5 Å². The smallest absolute Gasteiger partial charge is 0.475 e. The van der Waals surface area contributed by atoms with Gasteiger partial charge in [-0.2, -0.15) is 18.4 Å². The molecule has 1 unspecified atom stereocenters. The summed E-state index contributed by atoms with van der Waals surface area (Å²) in [4.78, 5) is 21.6. The number of hydrogen-bond acceptors (Lipinski definition) is 8. The summed E-state index contributed by atoms with van der Waals surface area (Å²) in [5.41, 5.74) is 6.88. The van der Waals surface area contributed by atoms with Crippen molar-refractivity contribution in [2.24, 2.45) is 5.73 Å². The standard InChI is InChI=1S/C25H29N7O2.C2HF3O2/c1-25(2,27)24(33)28-22(18-34-17-20-11-7-4-8-12-20)23-29-30-31-32(23)21(15-16-26)14-13-19-9-5-3-6-10-19;3-2(4,5)1(6)7/h3-14,21-22H,15,17-18,27H2,1-2H3,(H,28,33);(H,6,7)/b14-13+;/t21?,22-;/m1./s1. The van der Waals surface area contributed by atoms with Crippen molar-refractivity contribution >= 4 is 18.0 Å². The number of benzene rings is 2. The molecule has 0 saturated carbocycles. The minimum Gasteiger partial charge on any atom is -0.475 e. The van der Waals surface area contributed by atoms with Crippen molar-refractivity contribution in [2.75, 3.05) is 6.61 Å². The number of tetrazole rings is 1. The molecule has 1 heterocycles. The van der Waals surface area contributed by atoms with Crippen LogP contribution in [0.1, 0.15) is 49.3 Å². The molecule has 0 fully saturated rings. The van der Waals surface area contributed by atoms with Gasteiger partial charge in [-0.15, -0.1) is 5.10 Å². The molecule has 0 aliphatic rings. The van der Waals surface area contributed by atoms with Crippen LogP contribution in [-0.2, 0) is 20.9 Å². The van der Waals surface area contributed by atoms with Crippen molar-refractivity contribution in [3.63, 3.8) is 0 Å². The van der Waals surface area contributed by atoms with Crippen molar-refractivity contribution < 1.29 is 32.6 Å². The van der Waals surface area contributed by atoms with E-state index < -0.39 is 29.8 Å². The number of nitrogens with zero attached hydrogens (tertiary/aromatic N) is 5. The van der Waals surface area contributed by atoms with Crippen molar-refractivity contribution in [1.82, 2.24) is 25.5 Å². The van der Waals surface area contributed by atoms with E-state index in [-0.39, 0.29) is 18.9 Å². The monoisotopic (exact) mass is 573 g/mol. The Morgan fingerprint density at radius 2 is 1.73 bits per heavy atom. The number of carboxylic acids is 1. The molecule has 0 bridgehead atoms. The number of nitrogens with one attached hydrogen (secondary N) is 1. The fraction of sp³-hybridized carbons (Fsp3) is 0.333. The van der Waals surface area contributed by atoms with Crippen molar-refractivity contribution in [1.29, 1.82) is 5.26 Å². The van der Waals surface area contributed by atoms with E-state index >= 15 is 0 Å². The average molecular weight is 574 g/mol. The van der Waals surface area contributed by atoms with Gasteiger partial charge < -0.3 is 20.9 Å². The maximum Gasteiger partial charge on any atom is 0.490 e. The van der Waals surface area contributed by atoms with E-state index in [0.29, 0.717) is 12.4 Å². The first kappa shape index (κ1) is 32.6. The number of halogens is 3. The first-order valence-electron chi connectivity index (χ1n) is 12.2. The number of aromatic nitrogens is 4. The Labute approximate surface area is 234 Å². The fourth-order valence-corrected chi connectivity index (χ4v) is 3.18. The zero-order valence-electron chi connectivity index (χ0n) is 22.3. The van der Waals surface area contributed by atoms with E-state index in [0.717, 1.165) is 11.1 Å². The van der Waals surface area contributed by atoms with E-state index in [2.05, 4.69) is 26.9 Å². The Morgan fingerprint density at radius 3 is 2.27 bits per heavy atom. The van der Waals surface area contributed by atoms with Gasteiger partial charge in [-0.1, -0.05) is 72.8 Å². The van der Waals surface area contributed by atoms with Crippen LogP contribution in [0.4, 0.5) is 13.2 Å². The summed E-state index contributed by atoms with van der Waals surface area (Å²) in [6.45, 7) is 3.72. The van der Waals surface area contributed by atoms with Gasteiger partial charge in [0.25, 0.3) is 0 Å². The lowest BCUT2D eigenvalue weighted by Crippen LogP contribution is -2.51. The van der Waals surface area contributed by atoms with Crippen LogP contribution in [0, 0.1) is 11.3 Å². The number of carbonyl (C=O) groups excluding carboxylic acids is 1. The number of allylic oxidation sites excluding steroid dienone is 1. The number of aliphatic carboxylic acids is 1. The van der Waals surface area contributed by atoms with Gasteiger partial charge in [-0.25, -0.2) is 9.48 Å². The number of hydrogen-bond donors (Lipinski definition) is 3. The molecule has 14 heteroatoms. The highest BCUT2D eigenvalue weighted by molar-refractivity contribution is 5.85. The molecule has 3 aromatic rings. The number of alkyl halides is 3. The molecule has 1 amide bonds. The summed E-state index contributed by atoms with van der Waals surface area (Å²) < 4.78 is 39.2. The van der Waals surface area contributed by atoms with Gasteiger partial charge in [0.05, 0.1) is 37.3 Å². The van der Waals surface area contributed by atoms with E-state index in [9.17, 15) is 23.2 Å². The molecular weight excluding hydrogens is 543 g/mol. The average Bonchev–Trinajstić information content (AvgIpc) is 3.40. The normalized spacial score (nSPS) is 13.0. The number of nitriles is 1. The topological polar surface area (TPSA) is 169 Å². The van der Waals surface area contributed by atoms with Crippen LogP contribution in [0.2, 0.25) is 0 Å². The zero-order valence-corrected chi connectivity index (χ0v) is 22.3. The number of carboxylic acid groups (broad SMARTS) is 1. The summed E-state index contributed by atoms with van der Waals surface area (Å²) in [6.07, 6.45) is -1.15. The molecule has 0 radical (unpaired) electrons. The number of rotatable bonds is 11. The molecule has 218 valence electrons. The second-order valence-electron chi connectivity index (χ2n) is 9.23. The van der Waals surface area contributed by atoms with Gasteiger partial charge in [0.1, 0.15) is 6.04 Å². The Morgan fingerprint density at radius 1 is 1.15 bits per heavy atom. The molecule has 4 N–H and O–H groups in total. The van der Waals surface area contributed by atoms with Gasteiger partial charge in [-0.3, -0.25) is 4.79 Å². The van der Waals surface area contributed by atoms with Crippen LogP contribution < -0.4 is 11.1 Å². The third-order valence-corrected chi connectivity index (χ3v) is 5.28. The Hall–Kier alpha value is -4.61. The SMILES string of the molecule is CC(C)(N)C(=O)N[C@H](COCc1ccccc1)c1nnnn1C(/C=C/c1ccccc1)CC#N.O=C(O)C(F)(F)F. The molecule has 0 saturated heterocycles. The molecule has 3 rings (SSSR count). The molecule has 0 aliphatic carbocycles. The lowest BCUT2D eigenvalue weighted by Gasteiger charge is -2.24. The van der Waals surface area contributed by atoms with Crippen molar-refractivity contribution in [2.45, 2.75) is 50.7 Å². The summed E-state index contributed by atoms with van der Waals surface area (Å²) in [5, 5.41) is 31.5. The van der Waals surface area contributed by atoms with Gasteiger partial charge >= 0.3 is 12.1 Å². The molecule has 41 heavy (non-hydrogen) atoms. The largest absolute Gasteiger partial charge is 0.490 e. The summed E-state index contributed by atoms with van der Waals surface area (Å²) in [6, 6.07) is 20.5. The Bertz CT molecular complexity index is 1320. The maximum absolute atomic E-state index is 12.7. The number of amides is 1. The molecule has 2 aromatic carbocycles. The van der Waals surface area contributed by atoms with E-state index in [1.807, 2.05) is 72.8 Å². The molecule has 1 aromatic heterocycles. The summed E-state index contributed by atoms with van der Waals surface area (Å²) in [5.74, 6) is -2.75. The second-order valence-corrected chi connectivity index (χ2v) is 9.23. The Kier molecular flexibility index (Phi) is 12.1. The highest BCUT2D eigenvalue weighted by atomic mass is 19.4. The van der Waals surface area contributed by atoms with E-state index in [1.165, 1.54) is 0 Å². The first-order valence-corrected chi connectivity index (χ1v) is 12.2. The fourth-order valence-electron chi connectivity index (χ4n) is 3.18. The van der Waals surface area contributed by atoms with Crippen LogP contribution in [0.25, 0.3) is 6.08 Å². The molecule has 2 atom stereocenters. The first-order chi connectivity index (χ1) is 19.3.